The van der Waals surface area contributed by atoms with Gasteiger partial charge in [-0.3, -0.25) is 14.5 Å². The summed E-state index contributed by atoms with van der Waals surface area (Å²) in [5.41, 5.74) is 5.39. The number of nitrogens with zero attached hydrogens (tertiary/aromatic N) is 1. The second-order valence-electron chi connectivity index (χ2n) is 2.26. The molecule has 5 heteroatoms. The predicted octanol–water partition coefficient (Wildman–Crippen LogP) is -0.647. The van der Waals surface area contributed by atoms with Crippen molar-refractivity contribution in [3.05, 3.63) is 17.3 Å². The molecule has 0 unspecified atom stereocenters. The largest absolute Gasteiger partial charge is 0.394 e. The molecular formula is C7H6N2O2S. The number of hydrogen-bond acceptors (Lipinski definition) is 4. The Kier molecular flexibility index (Phi) is 2.08. The van der Waals surface area contributed by atoms with Gasteiger partial charge in [0.05, 0.1) is 5.57 Å². The Bertz CT molecular complexity index is 339. The van der Waals surface area contributed by atoms with Gasteiger partial charge in [0.1, 0.15) is 5.70 Å². The highest BCUT2D eigenvalue weighted by Crippen LogP contribution is 2.14. The first-order valence-corrected chi connectivity index (χ1v) is 3.53. The highest BCUT2D eigenvalue weighted by molar-refractivity contribution is 7.78. The molecule has 1 rings (SSSR count). The standard InChI is InChI=1S/C7H6N2O2S/c1-9-6(10)4(2-3-12)5(8)7(9)11/h2H,8H2,1H3. The van der Waals surface area contributed by atoms with Crippen LogP contribution < -0.4 is 5.73 Å². The number of likely N-dealkylation sites (N-methyl/N-ethyl adjacent to an activating group) is 1. The second-order valence-corrected chi connectivity index (χ2v) is 2.49. The number of carbonyl (C=O) groups is 2. The quantitative estimate of drug-likeness (QED) is 0.432. The van der Waals surface area contributed by atoms with Gasteiger partial charge in [-0.1, -0.05) is 0 Å². The third kappa shape index (κ3) is 1.05. The maximum Gasteiger partial charge on any atom is 0.277 e. The number of imide groups is 1. The fourth-order valence-electron chi connectivity index (χ4n) is 0.882. The third-order valence-electron chi connectivity index (χ3n) is 1.56. The lowest BCUT2D eigenvalue weighted by molar-refractivity contribution is -0.135. The van der Waals surface area contributed by atoms with E-state index in [1.165, 1.54) is 13.1 Å². The zero-order valence-corrected chi connectivity index (χ0v) is 7.14. The number of nitrogens with two attached hydrogens (primary N) is 1. The van der Waals surface area contributed by atoms with Crippen LogP contribution in [-0.4, -0.2) is 28.8 Å². The molecule has 2 N–H and O–H groups in total. The van der Waals surface area contributed by atoms with Gasteiger partial charge in [0.25, 0.3) is 11.8 Å². The van der Waals surface area contributed by atoms with Gasteiger partial charge >= 0.3 is 0 Å². The Morgan fingerprint density at radius 2 is 2.08 bits per heavy atom. The summed E-state index contributed by atoms with van der Waals surface area (Å²) in [6.07, 6.45) is 1.23. The zero-order chi connectivity index (χ0) is 9.30. The normalized spacial score (nSPS) is 16.9. The van der Waals surface area contributed by atoms with Crippen LogP contribution in [0.4, 0.5) is 0 Å². The van der Waals surface area contributed by atoms with Crippen molar-refractivity contribution in [1.29, 1.82) is 0 Å². The summed E-state index contributed by atoms with van der Waals surface area (Å²) >= 11 is 4.39. The summed E-state index contributed by atoms with van der Waals surface area (Å²) in [6.45, 7) is 0. The van der Waals surface area contributed by atoms with Crippen molar-refractivity contribution in [1.82, 2.24) is 4.90 Å². The maximum absolute atomic E-state index is 11.2. The maximum atomic E-state index is 11.2. The first-order chi connectivity index (χ1) is 5.59. The summed E-state index contributed by atoms with van der Waals surface area (Å²) in [7, 11) is 1.36. The molecule has 0 bridgehead atoms. The number of carbonyl (C=O) groups excluding carboxylic acids is 2. The average molecular weight is 182 g/mol. The average Bonchev–Trinajstić information content (AvgIpc) is 2.23. The monoisotopic (exact) mass is 182 g/mol. The lowest BCUT2D eigenvalue weighted by Gasteiger charge is -2.03. The van der Waals surface area contributed by atoms with Gasteiger partial charge in [0, 0.05) is 13.1 Å². The van der Waals surface area contributed by atoms with Gasteiger partial charge in [0.2, 0.25) is 0 Å². The highest BCUT2D eigenvalue weighted by atomic mass is 32.1. The molecule has 1 aliphatic rings. The van der Waals surface area contributed by atoms with Crippen LogP contribution in [0.15, 0.2) is 17.3 Å². The highest BCUT2D eigenvalue weighted by Gasteiger charge is 2.32. The van der Waals surface area contributed by atoms with Gasteiger partial charge < -0.3 is 5.73 Å². The fourth-order valence-corrected chi connectivity index (χ4v) is 1.00. The molecule has 1 aliphatic heterocycles. The summed E-state index contributed by atoms with van der Waals surface area (Å²) in [4.78, 5) is 23.1. The molecule has 1 heterocycles. The van der Waals surface area contributed by atoms with E-state index in [0.717, 1.165) is 4.90 Å². The molecule has 0 atom stereocenters. The zero-order valence-electron chi connectivity index (χ0n) is 6.33. The van der Waals surface area contributed by atoms with E-state index in [0.29, 0.717) is 0 Å². The molecule has 0 aromatic rings. The van der Waals surface area contributed by atoms with Gasteiger partial charge in [-0.15, -0.1) is 0 Å². The Balaban J connectivity index is 3.21. The Hall–Kier alpha value is -1.45. The Labute approximate surface area is 74.3 Å². The molecule has 0 spiro atoms. The smallest absolute Gasteiger partial charge is 0.277 e. The minimum absolute atomic E-state index is 0.0696. The Morgan fingerprint density at radius 1 is 1.50 bits per heavy atom. The Morgan fingerprint density at radius 3 is 2.42 bits per heavy atom. The SMILES string of the molecule is CN1C(=O)C(N)=C(C=C=S)C1=O. The number of thiocarbonyl (C=S) groups is 1. The topological polar surface area (TPSA) is 63.4 Å². The van der Waals surface area contributed by atoms with Crippen LogP contribution in [0.25, 0.3) is 0 Å². The van der Waals surface area contributed by atoms with Crippen LogP contribution >= 0.6 is 12.2 Å². The van der Waals surface area contributed by atoms with Crippen molar-refractivity contribution >= 4 is 29.1 Å². The molecule has 0 aromatic carbocycles. The van der Waals surface area contributed by atoms with Crippen LogP contribution in [-0.2, 0) is 9.59 Å². The number of hydrogen-bond donors (Lipinski definition) is 1. The fraction of sp³-hybridized carbons (Fsp3) is 0.143. The summed E-state index contributed by atoms with van der Waals surface area (Å²) in [5.74, 6) is -0.925. The van der Waals surface area contributed by atoms with Crippen molar-refractivity contribution in [3.63, 3.8) is 0 Å². The van der Waals surface area contributed by atoms with Crippen molar-refractivity contribution in [2.45, 2.75) is 0 Å². The van der Waals surface area contributed by atoms with Crippen LogP contribution in [0.1, 0.15) is 0 Å². The first kappa shape index (κ1) is 8.64. The summed E-state index contributed by atoms with van der Waals surface area (Å²) in [5, 5.41) is 2.23. The molecule has 62 valence electrons. The predicted molar refractivity (Wildman–Crippen MR) is 46.2 cm³/mol. The first-order valence-electron chi connectivity index (χ1n) is 3.12. The van der Waals surface area contributed by atoms with E-state index in [-0.39, 0.29) is 11.3 Å². The van der Waals surface area contributed by atoms with E-state index in [2.05, 4.69) is 17.2 Å². The van der Waals surface area contributed by atoms with Crippen LogP contribution in [0.2, 0.25) is 0 Å². The van der Waals surface area contributed by atoms with E-state index in [4.69, 9.17) is 5.73 Å². The minimum Gasteiger partial charge on any atom is -0.394 e. The van der Waals surface area contributed by atoms with E-state index in [1.54, 1.807) is 0 Å². The lowest BCUT2D eigenvalue weighted by atomic mass is 10.2. The van der Waals surface area contributed by atoms with Crippen LogP contribution in [0, 0.1) is 0 Å². The number of rotatable bonds is 1. The van der Waals surface area contributed by atoms with Crippen LogP contribution in [0.3, 0.4) is 0 Å². The van der Waals surface area contributed by atoms with Gasteiger partial charge in [0.15, 0.2) is 0 Å². The van der Waals surface area contributed by atoms with Gasteiger partial charge in [-0.05, 0) is 17.2 Å². The molecule has 0 fully saturated rings. The van der Waals surface area contributed by atoms with Crippen molar-refractivity contribution < 1.29 is 9.59 Å². The summed E-state index contributed by atoms with van der Waals surface area (Å²) in [6, 6.07) is 0. The number of amides is 2. The molecule has 0 aliphatic carbocycles. The molecule has 0 saturated heterocycles. The lowest BCUT2D eigenvalue weighted by Crippen LogP contribution is -2.28. The van der Waals surface area contributed by atoms with Gasteiger partial charge in [-0.25, -0.2) is 0 Å². The van der Waals surface area contributed by atoms with Crippen molar-refractivity contribution in [2.75, 3.05) is 7.05 Å². The van der Waals surface area contributed by atoms with E-state index >= 15 is 0 Å². The molecule has 0 aromatic heterocycles. The van der Waals surface area contributed by atoms with E-state index < -0.39 is 11.8 Å². The third-order valence-corrected chi connectivity index (χ3v) is 1.68. The minimum atomic E-state index is -0.489. The van der Waals surface area contributed by atoms with Gasteiger partial charge in [-0.2, -0.15) is 0 Å². The van der Waals surface area contributed by atoms with Crippen molar-refractivity contribution in [3.8, 4) is 0 Å². The molecule has 4 nitrogen and oxygen atoms in total. The molecule has 0 radical (unpaired) electrons. The molecule has 0 saturated carbocycles. The summed E-state index contributed by atoms with van der Waals surface area (Å²) < 4.78 is 0. The van der Waals surface area contributed by atoms with E-state index in [9.17, 15) is 9.59 Å². The second kappa shape index (κ2) is 2.89. The molecule has 12 heavy (non-hydrogen) atoms. The molecule has 2 amide bonds. The van der Waals surface area contributed by atoms with Crippen LogP contribution in [0.5, 0.6) is 0 Å². The van der Waals surface area contributed by atoms with Crippen molar-refractivity contribution in [2.24, 2.45) is 5.73 Å². The molecular weight excluding hydrogens is 176 g/mol. The van der Waals surface area contributed by atoms with E-state index in [1.807, 2.05) is 0 Å².